The Labute approximate surface area is 127 Å². The molecule has 1 aromatic rings. The molecule has 0 heterocycles. The number of aliphatic hydroxyl groups is 1. The zero-order valence-corrected chi connectivity index (χ0v) is 13.1. The molecule has 0 aliphatic heterocycles. The Bertz CT molecular complexity index is 455. The van der Waals surface area contributed by atoms with Gasteiger partial charge in [0.15, 0.2) is 0 Å². The molecule has 21 heavy (non-hydrogen) atoms. The number of benzene rings is 1. The van der Waals surface area contributed by atoms with E-state index >= 15 is 0 Å². The van der Waals surface area contributed by atoms with Gasteiger partial charge < -0.3 is 10.0 Å². The van der Waals surface area contributed by atoms with Crippen molar-refractivity contribution in [3.63, 3.8) is 0 Å². The summed E-state index contributed by atoms with van der Waals surface area (Å²) in [5.41, 5.74) is 0.540. The fraction of sp³-hybridized carbons (Fsp3) is 0.588. The van der Waals surface area contributed by atoms with Crippen LogP contribution in [0.1, 0.15) is 31.2 Å². The number of rotatable bonds is 6. The average molecular weight is 290 g/mol. The van der Waals surface area contributed by atoms with E-state index in [1.54, 1.807) is 4.90 Å². The summed E-state index contributed by atoms with van der Waals surface area (Å²) in [6.45, 7) is 1.56. The lowest BCUT2D eigenvalue weighted by molar-refractivity contribution is -0.132. The van der Waals surface area contributed by atoms with Crippen molar-refractivity contribution in [3.05, 3.63) is 35.9 Å². The van der Waals surface area contributed by atoms with Gasteiger partial charge in [-0.15, -0.1) is 0 Å². The Balaban J connectivity index is 1.80. The zero-order valence-electron chi connectivity index (χ0n) is 13.1. The summed E-state index contributed by atoms with van der Waals surface area (Å²) in [6.07, 6.45) is 3.88. The Hall–Kier alpha value is -1.39. The van der Waals surface area contributed by atoms with Crippen molar-refractivity contribution in [3.8, 4) is 0 Å². The summed E-state index contributed by atoms with van der Waals surface area (Å²) >= 11 is 0. The lowest BCUT2D eigenvalue weighted by Gasteiger charge is -2.29. The molecule has 4 nitrogen and oxygen atoms in total. The number of carbonyl (C=O) groups excluding carboxylic acids is 1. The third-order valence-corrected chi connectivity index (χ3v) is 4.19. The summed E-state index contributed by atoms with van der Waals surface area (Å²) in [6, 6.07) is 9.98. The molecule has 0 atom stereocenters. The standard InChI is InChI=1S/C17H26N2O2/c1-18(14-17(21)10-6-7-11-17)13-16(20)19(2)12-15-8-4-3-5-9-15/h3-5,8-9,21H,6-7,10-14H2,1-2H3. The summed E-state index contributed by atoms with van der Waals surface area (Å²) in [7, 11) is 3.73. The molecule has 0 spiro atoms. The molecule has 0 aromatic heterocycles. The fourth-order valence-corrected chi connectivity index (χ4v) is 3.05. The number of amides is 1. The van der Waals surface area contributed by atoms with Crippen LogP contribution in [0.15, 0.2) is 30.3 Å². The Morgan fingerprint density at radius 1 is 1.19 bits per heavy atom. The first-order chi connectivity index (χ1) is 9.98. The second-order valence-electron chi connectivity index (χ2n) is 6.34. The molecule has 0 radical (unpaired) electrons. The van der Waals surface area contributed by atoms with Crippen molar-refractivity contribution in [2.45, 2.75) is 37.8 Å². The highest BCUT2D eigenvalue weighted by molar-refractivity contribution is 5.77. The molecule has 116 valence electrons. The van der Waals surface area contributed by atoms with E-state index in [4.69, 9.17) is 0 Å². The van der Waals surface area contributed by atoms with Gasteiger partial charge in [0.2, 0.25) is 5.91 Å². The second-order valence-corrected chi connectivity index (χ2v) is 6.34. The molecule has 0 bridgehead atoms. The topological polar surface area (TPSA) is 43.8 Å². The molecular formula is C17H26N2O2. The number of hydrogen-bond acceptors (Lipinski definition) is 3. The van der Waals surface area contributed by atoms with Gasteiger partial charge in [-0.05, 0) is 25.5 Å². The maximum Gasteiger partial charge on any atom is 0.236 e. The summed E-state index contributed by atoms with van der Waals surface area (Å²) < 4.78 is 0. The van der Waals surface area contributed by atoms with Crippen LogP contribution in [0, 0.1) is 0 Å². The van der Waals surface area contributed by atoms with E-state index < -0.39 is 5.60 Å². The van der Waals surface area contributed by atoms with Gasteiger partial charge >= 0.3 is 0 Å². The van der Waals surface area contributed by atoms with Crippen LogP contribution in [-0.4, -0.2) is 53.6 Å². The molecule has 0 unspecified atom stereocenters. The van der Waals surface area contributed by atoms with Crippen molar-refractivity contribution in [2.24, 2.45) is 0 Å². The van der Waals surface area contributed by atoms with Crippen molar-refractivity contribution >= 4 is 5.91 Å². The Morgan fingerprint density at radius 2 is 1.81 bits per heavy atom. The third-order valence-electron chi connectivity index (χ3n) is 4.19. The van der Waals surface area contributed by atoms with Crippen LogP contribution in [0.3, 0.4) is 0 Å². The molecule has 0 saturated heterocycles. The first kappa shape index (κ1) is 16.0. The van der Waals surface area contributed by atoms with E-state index in [-0.39, 0.29) is 5.91 Å². The van der Waals surface area contributed by atoms with E-state index in [0.29, 0.717) is 19.6 Å². The predicted octanol–water partition coefficient (Wildman–Crippen LogP) is 1.88. The quantitative estimate of drug-likeness (QED) is 0.870. The molecule has 2 rings (SSSR count). The van der Waals surface area contributed by atoms with Crippen molar-refractivity contribution in [1.29, 1.82) is 0 Å². The molecule has 1 N–H and O–H groups in total. The lowest BCUT2D eigenvalue weighted by Crippen LogP contribution is -2.44. The molecule has 1 aromatic carbocycles. The predicted molar refractivity (Wildman–Crippen MR) is 83.8 cm³/mol. The van der Waals surface area contributed by atoms with Crippen molar-refractivity contribution in [2.75, 3.05) is 27.2 Å². The summed E-state index contributed by atoms with van der Waals surface area (Å²) in [4.78, 5) is 15.9. The summed E-state index contributed by atoms with van der Waals surface area (Å²) in [5.74, 6) is 0.0861. The molecule has 1 saturated carbocycles. The fourth-order valence-electron chi connectivity index (χ4n) is 3.05. The van der Waals surface area contributed by atoms with Gasteiger partial charge in [-0.2, -0.15) is 0 Å². The minimum atomic E-state index is -0.590. The van der Waals surface area contributed by atoms with Crippen LogP contribution in [0.2, 0.25) is 0 Å². The first-order valence-electron chi connectivity index (χ1n) is 7.67. The van der Waals surface area contributed by atoms with Crippen molar-refractivity contribution in [1.82, 2.24) is 9.80 Å². The number of carbonyl (C=O) groups is 1. The molecule has 1 fully saturated rings. The highest BCUT2D eigenvalue weighted by Gasteiger charge is 2.32. The maximum atomic E-state index is 12.2. The van der Waals surface area contributed by atoms with Gasteiger partial charge in [0, 0.05) is 20.1 Å². The molecule has 1 aliphatic carbocycles. The average Bonchev–Trinajstić information content (AvgIpc) is 2.85. The monoisotopic (exact) mass is 290 g/mol. The van der Waals surface area contributed by atoms with E-state index in [1.807, 2.05) is 49.3 Å². The van der Waals surface area contributed by atoms with Crippen molar-refractivity contribution < 1.29 is 9.90 Å². The Morgan fingerprint density at radius 3 is 2.43 bits per heavy atom. The zero-order chi connectivity index (χ0) is 15.3. The number of nitrogens with zero attached hydrogens (tertiary/aromatic N) is 2. The van der Waals surface area contributed by atoms with Gasteiger partial charge in [0.25, 0.3) is 0 Å². The lowest BCUT2D eigenvalue weighted by atomic mass is 10.0. The SMILES string of the molecule is CN(CC(=O)N(C)Cc1ccccc1)CC1(O)CCCC1. The normalized spacial score (nSPS) is 17.1. The van der Waals surface area contributed by atoms with Crippen LogP contribution in [0.5, 0.6) is 0 Å². The summed E-state index contributed by atoms with van der Waals surface area (Å²) in [5, 5.41) is 10.4. The first-order valence-corrected chi connectivity index (χ1v) is 7.67. The Kier molecular flexibility index (Phi) is 5.37. The van der Waals surface area contributed by atoms with Crippen LogP contribution in [0.4, 0.5) is 0 Å². The maximum absolute atomic E-state index is 12.2. The van der Waals surface area contributed by atoms with E-state index in [9.17, 15) is 9.90 Å². The molecule has 1 amide bonds. The largest absolute Gasteiger partial charge is 0.389 e. The van der Waals surface area contributed by atoms with Gasteiger partial charge in [0.1, 0.15) is 0 Å². The highest BCUT2D eigenvalue weighted by atomic mass is 16.3. The molecule has 1 aliphatic rings. The van der Waals surface area contributed by atoms with E-state index in [1.165, 1.54) is 0 Å². The minimum Gasteiger partial charge on any atom is -0.389 e. The van der Waals surface area contributed by atoms with Crippen LogP contribution in [-0.2, 0) is 11.3 Å². The van der Waals surface area contributed by atoms with Gasteiger partial charge in [-0.1, -0.05) is 43.2 Å². The van der Waals surface area contributed by atoms with E-state index in [0.717, 1.165) is 31.2 Å². The smallest absolute Gasteiger partial charge is 0.236 e. The molecular weight excluding hydrogens is 264 g/mol. The highest BCUT2D eigenvalue weighted by Crippen LogP contribution is 2.29. The molecule has 4 heteroatoms. The third kappa shape index (κ3) is 4.83. The van der Waals surface area contributed by atoms with E-state index in [2.05, 4.69) is 0 Å². The van der Waals surface area contributed by atoms with Gasteiger partial charge in [-0.3, -0.25) is 9.69 Å². The number of hydrogen-bond donors (Lipinski definition) is 1. The second kappa shape index (κ2) is 7.05. The van der Waals surface area contributed by atoms with Gasteiger partial charge in [-0.25, -0.2) is 0 Å². The van der Waals surface area contributed by atoms with Crippen LogP contribution in [0.25, 0.3) is 0 Å². The minimum absolute atomic E-state index is 0.0861. The van der Waals surface area contributed by atoms with Gasteiger partial charge in [0.05, 0.1) is 12.1 Å². The van der Waals surface area contributed by atoms with Crippen LogP contribution < -0.4 is 0 Å². The number of likely N-dealkylation sites (N-methyl/N-ethyl adjacent to an activating group) is 2. The van der Waals surface area contributed by atoms with Crippen LogP contribution >= 0.6 is 0 Å².